The maximum absolute atomic E-state index is 12.7. The molecule has 0 radical (unpaired) electrons. The Labute approximate surface area is 160 Å². The Hall–Kier alpha value is -2.55. The Kier molecular flexibility index (Phi) is 4.77. The summed E-state index contributed by atoms with van der Waals surface area (Å²) in [5.41, 5.74) is 2.57. The van der Waals surface area contributed by atoms with E-state index in [1.807, 2.05) is 31.7 Å². The number of hydrogen-bond donors (Lipinski definition) is 0. The predicted molar refractivity (Wildman–Crippen MR) is 98.6 cm³/mol. The molecule has 0 atom stereocenters. The molecule has 0 unspecified atom stereocenters. The minimum atomic E-state index is -0.102. The summed E-state index contributed by atoms with van der Waals surface area (Å²) in [4.78, 5) is 15.4. The monoisotopic (exact) mass is 387 g/mol. The molecule has 27 heavy (non-hydrogen) atoms. The van der Waals surface area contributed by atoms with Crippen molar-refractivity contribution < 1.29 is 13.8 Å². The van der Waals surface area contributed by atoms with Gasteiger partial charge in [-0.1, -0.05) is 28.6 Å². The molecule has 0 saturated carbocycles. The van der Waals surface area contributed by atoms with Crippen LogP contribution in [0.2, 0.25) is 0 Å². The highest BCUT2D eigenvalue weighted by Crippen LogP contribution is 2.36. The first-order valence-corrected chi connectivity index (χ1v) is 9.82. The number of piperidine rings is 1. The maximum Gasteiger partial charge on any atom is 0.292 e. The van der Waals surface area contributed by atoms with Crippen molar-refractivity contribution in [3.05, 3.63) is 35.0 Å². The quantitative estimate of drug-likeness (QED) is 0.674. The second kappa shape index (κ2) is 7.22. The van der Waals surface area contributed by atoms with Gasteiger partial charge >= 0.3 is 0 Å². The number of carbonyl (C=O) groups is 1. The van der Waals surface area contributed by atoms with Crippen LogP contribution in [-0.2, 0) is 0 Å². The maximum atomic E-state index is 12.7. The van der Waals surface area contributed by atoms with E-state index < -0.39 is 0 Å². The van der Waals surface area contributed by atoms with Crippen LogP contribution in [0.15, 0.2) is 21.2 Å². The highest BCUT2D eigenvalue weighted by Gasteiger charge is 2.30. The van der Waals surface area contributed by atoms with Gasteiger partial charge in [-0.25, -0.2) is 0 Å². The molecule has 1 saturated heterocycles. The fourth-order valence-corrected chi connectivity index (χ4v) is 3.98. The number of rotatable bonds is 4. The molecule has 4 heterocycles. The first kappa shape index (κ1) is 17.8. The summed E-state index contributed by atoms with van der Waals surface area (Å²) in [6, 6.07) is 3.64. The van der Waals surface area contributed by atoms with Crippen molar-refractivity contribution >= 4 is 17.4 Å². The molecule has 0 aliphatic carbocycles. The molecule has 0 aromatic carbocycles. The Morgan fingerprint density at radius 2 is 2.00 bits per heavy atom. The predicted octanol–water partition coefficient (Wildman–Crippen LogP) is 3.63. The van der Waals surface area contributed by atoms with Crippen molar-refractivity contribution in [3.8, 4) is 10.6 Å². The van der Waals surface area contributed by atoms with Crippen molar-refractivity contribution in [3.63, 3.8) is 0 Å². The molecule has 3 aromatic rings. The van der Waals surface area contributed by atoms with Crippen molar-refractivity contribution in [2.45, 2.75) is 45.4 Å². The molecule has 142 valence electrons. The number of aryl methyl sites for hydroxylation is 1. The van der Waals surface area contributed by atoms with Crippen LogP contribution < -0.4 is 0 Å². The van der Waals surface area contributed by atoms with Crippen LogP contribution in [-0.4, -0.2) is 43.8 Å². The van der Waals surface area contributed by atoms with Gasteiger partial charge in [0.25, 0.3) is 5.91 Å². The summed E-state index contributed by atoms with van der Waals surface area (Å²) >= 11 is 1.32. The molecular weight excluding hydrogens is 366 g/mol. The first-order valence-electron chi connectivity index (χ1n) is 9.04. The third kappa shape index (κ3) is 3.51. The van der Waals surface area contributed by atoms with E-state index in [-0.39, 0.29) is 17.7 Å². The zero-order chi connectivity index (χ0) is 19.0. The molecule has 1 amide bonds. The lowest BCUT2D eigenvalue weighted by Crippen LogP contribution is -2.37. The zero-order valence-corrected chi connectivity index (χ0v) is 16.3. The fourth-order valence-electron chi connectivity index (χ4n) is 3.28. The number of hydrogen-bond acceptors (Lipinski definition) is 8. The Morgan fingerprint density at radius 1 is 1.22 bits per heavy atom. The lowest BCUT2D eigenvalue weighted by molar-refractivity contribution is 0.0670. The summed E-state index contributed by atoms with van der Waals surface area (Å²) in [7, 11) is 0. The smallest absolute Gasteiger partial charge is 0.292 e. The van der Waals surface area contributed by atoms with Gasteiger partial charge in [-0.15, -0.1) is 5.10 Å². The molecular formula is C18H21N5O3S. The number of aromatic nitrogens is 4. The van der Waals surface area contributed by atoms with E-state index in [0.717, 1.165) is 34.8 Å². The number of carbonyl (C=O) groups excluding carboxylic acids is 1. The molecule has 8 nitrogen and oxygen atoms in total. The van der Waals surface area contributed by atoms with Gasteiger partial charge in [0.05, 0.1) is 17.1 Å². The third-order valence-electron chi connectivity index (χ3n) is 4.86. The molecule has 1 aliphatic heterocycles. The number of amides is 1. The van der Waals surface area contributed by atoms with Gasteiger partial charge in [0.15, 0.2) is 5.76 Å². The average molecular weight is 387 g/mol. The van der Waals surface area contributed by atoms with E-state index in [9.17, 15) is 4.79 Å². The van der Waals surface area contributed by atoms with Gasteiger partial charge in [-0.05, 0) is 37.2 Å². The van der Waals surface area contributed by atoms with Crippen LogP contribution in [0.3, 0.4) is 0 Å². The van der Waals surface area contributed by atoms with Crippen LogP contribution >= 0.6 is 11.5 Å². The molecule has 0 N–H and O–H groups in total. The van der Waals surface area contributed by atoms with Gasteiger partial charge < -0.3 is 13.9 Å². The zero-order valence-electron chi connectivity index (χ0n) is 15.5. The van der Waals surface area contributed by atoms with Crippen molar-refractivity contribution in [1.29, 1.82) is 0 Å². The molecule has 9 heteroatoms. The Balaban J connectivity index is 1.43. The summed E-state index contributed by atoms with van der Waals surface area (Å²) in [5, 5.41) is 12.3. The molecule has 1 aliphatic rings. The van der Waals surface area contributed by atoms with E-state index in [0.29, 0.717) is 24.6 Å². The van der Waals surface area contributed by atoms with Crippen LogP contribution in [0.25, 0.3) is 10.6 Å². The second-order valence-corrected chi connectivity index (χ2v) is 7.91. The lowest BCUT2D eigenvalue weighted by atomic mass is 9.92. The molecule has 4 rings (SSSR count). The number of likely N-dealkylation sites (tertiary alicyclic amines) is 1. The summed E-state index contributed by atoms with van der Waals surface area (Å²) in [6.07, 6.45) is 1.64. The normalized spacial score (nSPS) is 15.6. The third-order valence-corrected chi connectivity index (χ3v) is 5.62. The van der Waals surface area contributed by atoms with Crippen LogP contribution in [0.4, 0.5) is 0 Å². The topological polar surface area (TPSA) is 98.2 Å². The summed E-state index contributed by atoms with van der Waals surface area (Å²) in [5.74, 6) is 1.39. The Morgan fingerprint density at radius 3 is 2.63 bits per heavy atom. The van der Waals surface area contributed by atoms with Crippen LogP contribution in [0, 0.1) is 6.92 Å². The lowest BCUT2D eigenvalue weighted by Gasteiger charge is -2.30. The molecule has 1 fully saturated rings. The Bertz CT molecular complexity index is 936. The van der Waals surface area contributed by atoms with Gasteiger partial charge in [-0.2, -0.15) is 0 Å². The fraction of sp³-hybridized carbons (Fsp3) is 0.500. The summed E-state index contributed by atoms with van der Waals surface area (Å²) < 4.78 is 14.7. The summed E-state index contributed by atoms with van der Waals surface area (Å²) in [6.45, 7) is 7.22. The highest BCUT2D eigenvalue weighted by atomic mass is 32.1. The highest BCUT2D eigenvalue weighted by molar-refractivity contribution is 7.09. The molecule has 0 bridgehead atoms. The van der Waals surface area contributed by atoms with Crippen molar-refractivity contribution in [2.24, 2.45) is 0 Å². The van der Waals surface area contributed by atoms with E-state index in [1.54, 1.807) is 6.07 Å². The van der Waals surface area contributed by atoms with Gasteiger partial charge in [0.1, 0.15) is 4.88 Å². The van der Waals surface area contributed by atoms with Crippen LogP contribution in [0.1, 0.15) is 66.2 Å². The minimum Gasteiger partial charge on any atom is -0.355 e. The van der Waals surface area contributed by atoms with Crippen molar-refractivity contribution in [2.75, 3.05) is 13.1 Å². The van der Waals surface area contributed by atoms with E-state index in [1.165, 1.54) is 11.5 Å². The van der Waals surface area contributed by atoms with Gasteiger partial charge in [-0.3, -0.25) is 4.79 Å². The average Bonchev–Trinajstić information content (AvgIpc) is 3.41. The standard InChI is InChI=1S/C18H21N5O3S/c1-10(2)13-9-15(26-21-13)18(24)23-6-4-12(5-7-23)16-17(27-22-19-16)14-8-11(3)20-25-14/h8-10,12H,4-7H2,1-3H3. The van der Waals surface area contributed by atoms with E-state index in [4.69, 9.17) is 9.05 Å². The van der Waals surface area contributed by atoms with E-state index >= 15 is 0 Å². The largest absolute Gasteiger partial charge is 0.355 e. The SMILES string of the molecule is Cc1cc(-c2snnc2C2CCN(C(=O)c3cc(C(C)C)no3)CC2)on1. The van der Waals surface area contributed by atoms with Crippen LogP contribution in [0.5, 0.6) is 0 Å². The molecule has 0 spiro atoms. The number of nitrogens with zero attached hydrogens (tertiary/aromatic N) is 5. The van der Waals surface area contributed by atoms with E-state index in [2.05, 4.69) is 19.9 Å². The van der Waals surface area contributed by atoms with Gasteiger partial charge in [0, 0.05) is 31.1 Å². The van der Waals surface area contributed by atoms with Crippen molar-refractivity contribution in [1.82, 2.24) is 24.8 Å². The molecule has 3 aromatic heterocycles. The first-order chi connectivity index (χ1) is 13.0. The van der Waals surface area contributed by atoms with Gasteiger partial charge in [0.2, 0.25) is 5.76 Å². The minimum absolute atomic E-state index is 0.102. The second-order valence-electron chi connectivity index (χ2n) is 7.16.